The summed E-state index contributed by atoms with van der Waals surface area (Å²) in [6.45, 7) is 8.86. The first-order chi connectivity index (χ1) is 13.2. The van der Waals surface area contributed by atoms with Gasteiger partial charge >= 0.3 is 0 Å². The third kappa shape index (κ3) is 2.60. The Hall–Kier alpha value is -0.820. The van der Waals surface area contributed by atoms with Crippen molar-refractivity contribution < 1.29 is 14.6 Å². The van der Waals surface area contributed by atoms with Crippen LogP contribution in [0.2, 0.25) is 0 Å². The summed E-state index contributed by atoms with van der Waals surface area (Å²) in [5.74, 6) is 8.69. The number of aliphatic hydroxyl groups is 1. The van der Waals surface area contributed by atoms with Crippen LogP contribution in [0.25, 0.3) is 0 Å². The highest BCUT2D eigenvalue weighted by molar-refractivity contribution is 5.32. The third-order valence-electron chi connectivity index (χ3n) is 9.36. The highest BCUT2D eigenvalue weighted by Gasteiger charge is 2.65. The van der Waals surface area contributed by atoms with E-state index in [1.165, 1.54) is 6.42 Å². The average Bonchev–Trinajstić information content (AvgIpc) is 2.88. The monoisotopic (exact) mass is 386 g/mol. The Labute approximate surface area is 171 Å². The van der Waals surface area contributed by atoms with Crippen LogP contribution in [0.1, 0.15) is 72.6 Å². The summed E-state index contributed by atoms with van der Waals surface area (Å²) in [6.07, 6.45) is 7.51. The van der Waals surface area contributed by atoms with E-state index in [2.05, 4.69) is 32.6 Å². The molecule has 1 N–H and O–H groups in total. The lowest BCUT2D eigenvalue weighted by Gasteiger charge is -2.56. The number of methoxy groups -OCH3 is 2. The van der Waals surface area contributed by atoms with Crippen molar-refractivity contribution in [1.82, 2.24) is 0 Å². The molecule has 156 valence electrons. The van der Waals surface area contributed by atoms with Gasteiger partial charge in [0.05, 0.1) is 0 Å². The van der Waals surface area contributed by atoms with Crippen LogP contribution in [-0.4, -0.2) is 30.7 Å². The zero-order valence-corrected chi connectivity index (χ0v) is 18.6. The van der Waals surface area contributed by atoms with Gasteiger partial charge in [-0.1, -0.05) is 37.8 Å². The second kappa shape index (κ2) is 6.86. The number of rotatable bonds is 2. The Bertz CT molecular complexity index is 724. The smallest absolute Gasteiger partial charge is 0.171 e. The predicted molar refractivity (Wildman–Crippen MR) is 111 cm³/mol. The van der Waals surface area contributed by atoms with E-state index in [1.54, 1.807) is 25.4 Å². The molecule has 0 saturated heterocycles. The molecule has 3 unspecified atom stereocenters. The topological polar surface area (TPSA) is 38.7 Å². The number of hydrogen-bond donors (Lipinski definition) is 1. The summed E-state index contributed by atoms with van der Waals surface area (Å²) >= 11 is 0. The van der Waals surface area contributed by atoms with Gasteiger partial charge in [0.2, 0.25) is 0 Å². The minimum atomic E-state index is -0.834. The Morgan fingerprint density at radius 1 is 1.14 bits per heavy atom. The van der Waals surface area contributed by atoms with Crippen molar-refractivity contribution in [3.8, 4) is 11.8 Å². The fraction of sp³-hybridized carbons (Fsp3) is 0.840. The van der Waals surface area contributed by atoms with Crippen LogP contribution in [-0.2, 0) is 9.47 Å². The van der Waals surface area contributed by atoms with Gasteiger partial charge in [-0.2, -0.15) is 0 Å². The molecule has 0 aromatic carbocycles. The van der Waals surface area contributed by atoms with Gasteiger partial charge in [0.25, 0.3) is 0 Å². The molecule has 28 heavy (non-hydrogen) atoms. The van der Waals surface area contributed by atoms with E-state index < -0.39 is 11.4 Å². The average molecular weight is 387 g/mol. The lowest BCUT2D eigenvalue weighted by atomic mass is 9.50. The molecular weight excluding hydrogens is 348 g/mol. The van der Waals surface area contributed by atoms with Crippen molar-refractivity contribution in [1.29, 1.82) is 0 Å². The number of hydrogen-bond acceptors (Lipinski definition) is 3. The Balaban J connectivity index is 1.69. The van der Waals surface area contributed by atoms with Crippen molar-refractivity contribution in [3.05, 3.63) is 11.1 Å². The standard InChI is InChI=1S/C25H38O3/c1-7-10-25(26)17(3)14-21-22-16(2)13-18-15-24(27-5,28-6)12-9-19(18)20(22)8-11-23(21,25)4/h16-17,20-22,26H,8-9,11-15H2,1-6H3/t16?,17?,20-,21+,22-,23+,25?/m1/s1. The summed E-state index contributed by atoms with van der Waals surface area (Å²) in [5, 5.41) is 11.6. The van der Waals surface area contributed by atoms with E-state index in [1.807, 2.05) is 6.92 Å². The first-order valence-corrected chi connectivity index (χ1v) is 11.2. The molecule has 0 heterocycles. The molecule has 3 nitrogen and oxygen atoms in total. The van der Waals surface area contributed by atoms with Crippen molar-refractivity contribution in [2.75, 3.05) is 14.2 Å². The van der Waals surface area contributed by atoms with Crippen molar-refractivity contribution >= 4 is 0 Å². The van der Waals surface area contributed by atoms with E-state index in [0.717, 1.165) is 38.5 Å². The maximum atomic E-state index is 11.6. The van der Waals surface area contributed by atoms with Crippen LogP contribution in [0, 0.1) is 46.8 Å². The van der Waals surface area contributed by atoms with Gasteiger partial charge in [-0.15, -0.1) is 5.92 Å². The fourth-order valence-corrected chi connectivity index (χ4v) is 7.84. The Kier molecular flexibility index (Phi) is 5.01. The molecule has 4 aliphatic rings. The van der Waals surface area contributed by atoms with E-state index in [-0.39, 0.29) is 11.3 Å². The highest BCUT2D eigenvalue weighted by atomic mass is 16.7. The highest BCUT2D eigenvalue weighted by Crippen LogP contribution is 2.67. The van der Waals surface area contributed by atoms with Gasteiger partial charge in [-0.05, 0) is 68.6 Å². The van der Waals surface area contributed by atoms with Crippen LogP contribution in [0.4, 0.5) is 0 Å². The van der Waals surface area contributed by atoms with Crippen LogP contribution in [0.15, 0.2) is 11.1 Å². The SMILES string of the molecule is CC#CC1(O)C(C)C[C@H]2[C@@H]3C(C)CC4=C(CCC(OC)(OC)C4)[C@H]3CC[C@@]21C. The van der Waals surface area contributed by atoms with Gasteiger partial charge in [-0.3, -0.25) is 0 Å². The zero-order valence-electron chi connectivity index (χ0n) is 18.6. The molecule has 0 aliphatic heterocycles. The second-order valence-corrected chi connectivity index (χ2v) is 10.3. The number of fused-ring (bicyclic) bond motifs is 4. The first kappa shape index (κ1) is 20.5. The first-order valence-electron chi connectivity index (χ1n) is 11.2. The van der Waals surface area contributed by atoms with Crippen molar-refractivity contribution in [2.24, 2.45) is 35.0 Å². The van der Waals surface area contributed by atoms with E-state index >= 15 is 0 Å². The van der Waals surface area contributed by atoms with Crippen LogP contribution < -0.4 is 0 Å². The molecule has 0 bridgehead atoms. The zero-order chi connectivity index (χ0) is 20.3. The molecule has 0 aromatic heterocycles. The summed E-state index contributed by atoms with van der Waals surface area (Å²) in [4.78, 5) is 0. The maximum Gasteiger partial charge on any atom is 0.171 e. The maximum absolute atomic E-state index is 11.6. The molecule has 0 radical (unpaired) electrons. The largest absolute Gasteiger partial charge is 0.377 e. The molecule has 4 rings (SSSR count). The predicted octanol–water partition coefficient (Wildman–Crippen LogP) is 4.94. The Morgan fingerprint density at radius 3 is 2.50 bits per heavy atom. The van der Waals surface area contributed by atoms with Crippen molar-refractivity contribution in [2.45, 2.75) is 84.0 Å². The molecule has 0 spiro atoms. The number of allylic oxidation sites excluding steroid dienone is 1. The van der Waals surface area contributed by atoms with Crippen LogP contribution >= 0.6 is 0 Å². The summed E-state index contributed by atoms with van der Waals surface area (Å²) in [5.41, 5.74) is 2.39. The van der Waals surface area contributed by atoms with Crippen molar-refractivity contribution in [3.63, 3.8) is 0 Å². The molecule has 0 amide bonds. The van der Waals surface area contributed by atoms with Gasteiger partial charge in [0.1, 0.15) is 5.60 Å². The molecule has 2 saturated carbocycles. The molecule has 4 aliphatic carbocycles. The van der Waals surface area contributed by atoms with Gasteiger partial charge in [-0.25, -0.2) is 0 Å². The lowest BCUT2D eigenvalue weighted by molar-refractivity contribution is -0.214. The fourth-order valence-electron chi connectivity index (χ4n) is 7.84. The second-order valence-electron chi connectivity index (χ2n) is 10.3. The number of ether oxygens (including phenoxy) is 2. The van der Waals surface area contributed by atoms with E-state index in [4.69, 9.17) is 9.47 Å². The summed E-state index contributed by atoms with van der Waals surface area (Å²) in [7, 11) is 3.57. The molecule has 2 fully saturated rings. The molecule has 0 aromatic rings. The van der Waals surface area contributed by atoms with E-state index in [0.29, 0.717) is 23.7 Å². The van der Waals surface area contributed by atoms with Gasteiger partial charge < -0.3 is 14.6 Å². The van der Waals surface area contributed by atoms with Crippen LogP contribution in [0.5, 0.6) is 0 Å². The minimum absolute atomic E-state index is 0.0829. The van der Waals surface area contributed by atoms with Gasteiger partial charge in [0.15, 0.2) is 5.79 Å². The molecule has 7 atom stereocenters. The molecule has 3 heteroatoms. The normalized spacial score (nSPS) is 46.9. The summed E-state index contributed by atoms with van der Waals surface area (Å²) in [6, 6.07) is 0. The summed E-state index contributed by atoms with van der Waals surface area (Å²) < 4.78 is 11.6. The van der Waals surface area contributed by atoms with Gasteiger partial charge in [0, 0.05) is 32.5 Å². The molecular formula is C25H38O3. The quantitative estimate of drug-likeness (QED) is 0.415. The van der Waals surface area contributed by atoms with Crippen LogP contribution in [0.3, 0.4) is 0 Å². The Morgan fingerprint density at radius 2 is 1.86 bits per heavy atom. The van der Waals surface area contributed by atoms with E-state index in [9.17, 15) is 5.11 Å². The minimum Gasteiger partial charge on any atom is -0.377 e. The lowest BCUT2D eigenvalue weighted by Crippen LogP contribution is -2.54. The third-order valence-corrected chi connectivity index (χ3v) is 9.36.